The maximum atomic E-state index is 5.38. The highest BCUT2D eigenvalue weighted by molar-refractivity contribution is 7.09. The molecule has 9 nitrogen and oxygen atoms in total. The Morgan fingerprint density at radius 1 is 1.19 bits per heavy atom. The van der Waals surface area contributed by atoms with Gasteiger partial charge in [-0.2, -0.15) is 20.1 Å². The van der Waals surface area contributed by atoms with E-state index >= 15 is 0 Å². The Kier molecular flexibility index (Phi) is 3.98. The molecule has 4 N–H and O–H groups in total. The van der Waals surface area contributed by atoms with Gasteiger partial charge >= 0.3 is 0 Å². The van der Waals surface area contributed by atoms with E-state index in [0.717, 1.165) is 11.4 Å². The summed E-state index contributed by atoms with van der Waals surface area (Å²) in [5.41, 5.74) is 2.42. The topological polar surface area (TPSA) is 119 Å². The van der Waals surface area contributed by atoms with Gasteiger partial charge in [-0.3, -0.25) is 5.43 Å². The third-order valence-corrected chi connectivity index (χ3v) is 3.41. The molecule has 0 aliphatic heterocycles. The molecule has 0 spiro atoms. The van der Waals surface area contributed by atoms with Crippen LogP contribution in [0.2, 0.25) is 0 Å². The number of nitrogens with two attached hydrogens (primary N) is 1. The normalized spacial score (nSPS) is 10.5. The average Bonchev–Trinajstić information content (AvgIpc) is 3.20. The maximum Gasteiger partial charge on any atom is 0.257 e. The van der Waals surface area contributed by atoms with E-state index in [0.29, 0.717) is 18.4 Å². The van der Waals surface area contributed by atoms with E-state index in [2.05, 4.69) is 35.8 Å². The van der Waals surface area contributed by atoms with Crippen LogP contribution in [-0.2, 0) is 6.42 Å². The maximum absolute atomic E-state index is 5.38. The Hall–Kier alpha value is -2.59. The van der Waals surface area contributed by atoms with Gasteiger partial charge < -0.3 is 5.32 Å². The molecule has 3 aromatic heterocycles. The third kappa shape index (κ3) is 3.30. The van der Waals surface area contributed by atoms with Gasteiger partial charge in [0.05, 0.1) is 5.01 Å². The van der Waals surface area contributed by atoms with Crippen LogP contribution in [0.3, 0.4) is 0 Å². The summed E-state index contributed by atoms with van der Waals surface area (Å²) in [6.07, 6.45) is 5.98. The van der Waals surface area contributed by atoms with Crippen molar-refractivity contribution in [2.24, 2.45) is 5.84 Å². The summed E-state index contributed by atoms with van der Waals surface area (Å²) in [7, 11) is 0. The highest BCUT2D eigenvalue weighted by Crippen LogP contribution is 2.09. The second kappa shape index (κ2) is 6.24. The van der Waals surface area contributed by atoms with Crippen LogP contribution in [0.25, 0.3) is 5.95 Å². The Labute approximate surface area is 124 Å². The number of hydrazine groups is 1. The molecule has 0 fully saturated rings. The Morgan fingerprint density at radius 2 is 2.10 bits per heavy atom. The Morgan fingerprint density at radius 3 is 2.81 bits per heavy atom. The average molecular weight is 303 g/mol. The molecule has 0 bridgehead atoms. The number of nitrogens with zero attached hydrogens (tertiary/aromatic N) is 6. The molecule has 108 valence electrons. The molecule has 0 amide bonds. The third-order valence-electron chi connectivity index (χ3n) is 2.57. The SMILES string of the molecule is NNc1nc(NCCc2nccs2)nc(-n2cccn2)n1. The number of aromatic nitrogens is 6. The van der Waals surface area contributed by atoms with E-state index in [4.69, 9.17) is 5.84 Å². The molecule has 0 unspecified atom stereocenters. The fourth-order valence-electron chi connectivity index (χ4n) is 1.66. The van der Waals surface area contributed by atoms with E-state index in [9.17, 15) is 0 Å². The molecule has 21 heavy (non-hydrogen) atoms. The second-order valence-electron chi connectivity index (χ2n) is 3.98. The highest BCUT2D eigenvalue weighted by atomic mass is 32.1. The summed E-state index contributed by atoms with van der Waals surface area (Å²) in [5.74, 6) is 6.47. The van der Waals surface area contributed by atoms with Crippen LogP contribution >= 0.6 is 11.3 Å². The van der Waals surface area contributed by atoms with Gasteiger partial charge in [0.1, 0.15) is 0 Å². The molecule has 3 rings (SSSR count). The lowest BCUT2D eigenvalue weighted by atomic mass is 10.4. The predicted molar refractivity (Wildman–Crippen MR) is 79.1 cm³/mol. The molecule has 3 aromatic rings. The Balaban J connectivity index is 1.73. The van der Waals surface area contributed by atoms with Crippen LogP contribution in [0.1, 0.15) is 5.01 Å². The van der Waals surface area contributed by atoms with Gasteiger partial charge in [-0.15, -0.1) is 11.3 Å². The van der Waals surface area contributed by atoms with Crippen LogP contribution in [0.5, 0.6) is 0 Å². The second-order valence-corrected chi connectivity index (χ2v) is 4.96. The van der Waals surface area contributed by atoms with Gasteiger partial charge in [-0.05, 0) is 6.07 Å². The molecular formula is C11H13N9S. The largest absolute Gasteiger partial charge is 0.354 e. The number of hydrogen-bond acceptors (Lipinski definition) is 9. The van der Waals surface area contributed by atoms with Gasteiger partial charge in [0.2, 0.25) is 11.9 Å². The molecule has 0 aliphatic rings. The molecule has 3 heterocycles. The van der Waals surface area contributed by atoms with Gasteiger partial charge in [0.15, 0.2) is 0 Å². The summed E-state index contributed by atoms with van der Waals surface area (Å²) < 4.78 is 1.54. The minimum Gasteiger partial charge on any atom is -0.354 e. The van der Waals surface area contributed by atoms with Gasteiger partial charge in [-0.1, -0.05) is 0 Å². The van der Waals surface area contributed by atoms with Crippen molar-refractivity contribution in [1.29, 1.82) is 0 Å². The van der Waals surface area contributed by atoms with Crippen molar-refractivity contribution in [2.75, 3.05) is 17.3 Å². The lowest BCUT2D eigenvalue weighted by molar-refractivity contribution is 0.795. The summed E-state index contributed by atoms with van der Waals surface area (Å²) in [6, 6.07) is 1.79. The molecule has 0 saturated heterocycles. The van der Waals surface area contributed by atoms with Crippen molar-refractivity contribution in [1.82, 2.24) is 29.7 Å². The fourth-order valence-corrected chi connectivity index (χ4v) is 2.28. The zero-order valence-corrected chi connectivity index (χ0v) is 11.8. The van der Waals surface area contributed by atoms with Crippen molar-refractivity contribution >= 4 is 23.2 Å². The van der Waals surface area contributed by atoms with Crippen molar-refractivity contribution in [3.8, 4) is 5.95 Å². The number of anilines is 2. The monoisotopic (exact) mass is 303 g/mol. The number of thiazole rings is 1. The number of rotatable bonds is 6. The molecule has 0 aliphatic carbocycles. The molecule has 10 heteroatoms. The minimum atomic E-state index is 0.271. The van der Waals surface area contributed by atoms with E-state index in [1.807, 2.05) is 5.38 Å². The molecule has 0 saturated carbocycles. The molecule has 0 atom stereocenters. The number of nitrogens with one attached hydrogen (secondary N) is 2. The summed E-state index contributed by atoms with van der Waals surface area (Å²) >= 11 is 1.62. The first-order chi connectivity index (χ1) is 10.3. The smallest absolute Gasteiger partial charge is 0.257 e. The predicted octanol–water partition coefficient (Wildman–Crippen LogP) is 0.454. The van der Waals surface area contributed by atoms with E-state index in [-0.39, 0.29) is 5.95 Å². The Bertz CT molecular complexity index is 680. The summed E-state index contributed by atoms with van der Waals surface area (Å²) in [4.78, 5) is 16.8. The van der Waals surface area contributed by atoms with Crippen LogP contribution < -0.4 is 16.6 Å². The van der Waals surface area contributed by atoms with E-state index in [1.165, 1.54) is 4.68 Å². The van der Waals surface area contributed by atoms with E-state index in [1.54, 1.807) is 36.0 Å². The highest BCUT2D eigenvalue weighted by Gasteiger charge is 2.07. The zero-order chi connectivity index (χ0) is 14.5. The quantitative estimate of drug-likeness (QED) is 0.443. The lowest BCUT2D eigenvalue weighted by Gasteiger charge is -2.07. The van der Waals surface area contributed by atoms with Crippen LogP contribution in [0.15, 0.2) is 30.0 Å². The van der Waals surface area contributed by atoms with Crippen LogP contribution in [0.4, 0.5) is 11.9 Å². The van der Waals surface area contributed by atoms with Crippen molar-refractivity contribution in [3.05, 3.63) is 35.0 Å². The van der Waals surface area contributed by atoms with Crippen LogP contribution in [0, 0.1) is 0 Å². The van der Waals surface area contributed by atoms with Crippen molar-refractivity contribution in [3.63, 3.8) is 0 Å². The standard InChI is InChI=1S/C11H13N9S/c12-19-10-16-9(14-4-2-8-13-5-7-21-8)17-11(18-10)20-6-1-3-15-20/h1,3,5-7H,2,4,12H2,(H2,14,16,17,18,19). The molecule has 0 aromatic carbocycles. The zero-order valence-electron chi connectivity index (χ0n) is 11.0. The van der Waals surface area contributed by atoms with Gasteiger partial charge in [-0.25, -0.2) is 15.5 Å². The fraction of sp³-hybridized carbons (Fsp3) is 0.182. The lowest BCUT2D eigenvalue weighted by Crippen LogP contribution is -2.16. The van der Waals surface area contributed by atoms with Crippen molar-refractivity contribution < 1.29 is 0 Å². The van der Waals surface area contributed by atoms with E-state index < -0.39 is 0 Å². The first kappa shape index (κ1) is 13.4. The summed E-state index contributed by atoms with van der Waals surface area (Å²) in [5, 5.41) is 10.2. The molecular weight excluding hydrogens is 290 g/mol. The number of nitrogen functional groups attached to an aromatic ring is 1. The minimum absolute atomic E-state index is 0.271. The van der Waals surface area contributed by atoms with Gasteiger partial charge in [0, 0.05) is 36.9 Å². The number of hydrogen-bond donors (Lipinski definition) is 3. The first-order valence-corrected chi connectivity index (χ1v) is 7.08. The van der Waals surface area contributed by atoms with Crippen molar-refractivity contribution in [2.45, 2.75) is 6.42 Å². The first-order valence-electron chi connectivity index (χ1n) is 6.20. The summed E-state index contributed by atoms with van der Waals surface area (Å²) in [6.45, 7) is 0.667. The van der Waals surface area contributed by atoms with Gasteiger partial charge in [0.25, 0.3) is 5.95 Å². The van der Waals surface area contributed by atoms with Crippen LogP contribution in [-0.4, -0.2) is 36.3 Å². The molecule has 0 radical (unpaired) electrons.